The maximum absolute atomic E-state index is 14.4. The van der Waals surface area contributed by atoms with Crippen molar-refractivity contribution in [1.29, 1.82) is 0 Å². The SMILES string of the molecule is CC(C)Oc1cccc2c1c(=O)c(C(=O)O)nn2-c1ccc(Cl)cc1F. The molecule has 0 unspecified atom stereocenters. The van der Waals surface area contributed by atoms with Gasteiger partial charge in [0.2, 0.25) is 11.1 Å². The summed E-state index contributed by atoms with van der Waals surface area (Å²) in [6, 6.07) is 8.59. The summed E-state index contributed by atoms with van der Waals surface area (Å²) >= 11 is 5.78. The van der Waals surface area contributed by atoms with Gasteiger partial charge in [-0.3, -0.25) is 4.79 Å². The second-order valence-corrected chi connectivity index (χ2v) is 6.24. The molecule has 0 saturated heterocycles. The Morgan fingerprint density at radius 3 is 2.65 bits per heavy atom. The number of benzene rings is 2. The van der Waals surface area contributed by atoms with Gasteiger partial charge in [0.25, 0.3) is 0 Å². The lowest BCUT2D eigenvalue weighted by atomic mass is 10.1. The molecular weight excluding hydrogens is 363 g/mol. The van der Waals surface area contributed by atoms with Crippen molar-refractivity contribution in [2.75, 3.05) is 0 Å². The molecule has 0 amide bonds. The minimum atomic E-state index is -1.51. The van der Waals surface area contributed by atoms with Crippen LogP contribution in [0.5, 0.6) is 5.75 Å². The van der Waals surface area contributed by atoms with Crippen molar-refractivity contribution in [3.05, 3.63) is 63.2 Å². The number of hydrogen-bond acceptors (Lipinski definition) is 4. The van der Waals surface area contributed by atoms with E-state index in [1.54, 1.807) is 26.0 Å². The molecule has 0 radical (unpaired) electrons. The van der Waals surface area contributed by atoms with Gasteiger partial charge >= 0.3 is 5.97 Å². The largest absolute Gasteiger partial charge is 0.490 e. The Balaban J connectivity index is 2.45. The number of nitrogens with zero attached hydrogens (tertiary/aromatic N) is 2. The van der Waals surface area contributed by atoms with Gasteiger partial charge in [-0.2, -0.15) is 5.10 Å². The van der Waals surface area contributed by atoms with Crippen molar-refractivity contribution in [2.24, 2.45) is 0 Å². The third kappa shape index (κ3) is 3.13. The molecule has 2 aromatic carbocycles. The van der Waals surface area contributed by atoms with E-state index >= 15 is 0 Å². The molecule has 0 atom stereocenters. The first-order chi connectivity index (χ1) is 12.3. The molecule has 0 bridgehead atoms. The highest BCUT2D eigenvalue weighted by molar-refractivity contribution is 6.30. The highest BCUT2D eigenvalue weighted by Crippen LogP contribution is 2.27. The van der Waals surface area contributed by atoms with Crippen LogP contribution in [0.3, 0.4) is 0 Å². The van der Waals surface area contributed by atoms with Crippen LogP contribution in [-0.4, -0.2) is 27.0 Å². The monoisotopic (exact) mass is 376 g/mol. The van der Waals surface area contributed by atoms with Crippen molar-refractivity contribution < 1.29 is 19.0 Å². The van der Waals surface area contributed by atoms with Crippen LogP contribution in [0.25, 0.3) is 16.6 Å². The number of aromatic carboxylic acids is 1. The summed E-state index contributed by atoms with van der Waals surface area (Å²) in [7, 11) is 0. The molecule has 6 nitrogen and oxygen atoms in total. The highest BCUT2D eigenvalue weighted by atomic mass is 35.5. The molecule has 1 aromatic heterocycles. The molecule has 0 fully saturated rings. The van der Waals surface area contributed by atoms with Crippen LogP contribution in [0.2, 0.25) is 5.02 Å². The van der Waals surface area contributed by atoms with Crippen LogP contribution in [0.15, 0.2) is 41.2 Å². The summed E-state index contributed by atoms with van der Waals surface area (Å²) < 4.78 is 21.1. The van der Waals surface area contributed by atoms with Gasteiger partial charge in [-0.15, -0.1) is 0 Å². The van der Waals surface area contributed by atoms with Gasteiger partial charge in [0, 0.05) is 5.02 Å². The van der Waals surface area contributed by atoms with Crippen molar-refractivity contribution >= 4 is 28.5 Å². The van der Waals surface area contributed by atoms with E-state index in [-0.39, 0.29) is 33.5 Å². The highest BCUT2D eigenvalue weighted by Gasteiger charge is 2.21. The first-order valence-electron chi connectivity index (χ1n) is 7.71. The number of rotatable bonds is 4. The average molecular weight is 377 g/mol. The number of fused-ring (bicyclic) bond motifs is 1. The van der Waals surface area contributed by atoms with Gasteiger partial charge in [-0.05, 0) is 44.2 Å². The van der Waals surface area contributed by atoms with E-state index in [1.807, 2.05) is 0 Å². The van der Waals surface area contributed by atoms with Gasteiger partial charge in [0.1, 0.15) is 17.3 Å². The predicted molar refractivity (Wildman–Crippen MR) is 95.0 cm³/mol. The summed E-state index contributed by atoms with van der Waals surface area (Å²) in [6.07, 6.45) is -0.248. The summed E-state index contributed by atoms with van der Waals surface area (Å²) in [4.78, 5) is 24.1. The lowest BCUT2D eigenvalue weighted by molar-refractivity contribution is 0.0687. The van der Waals surface area contributed by atoms with Gasteiger partial charge in [-0.1, -0.05) is 17.7 Å². The Bertz CT molecular complexity index is 1080. The van der Waals surface area contributed by atoms with E-state index in [0.717, 1.165) is 10.7 Å². The van der Waals surface area contributed by atoms with E-state index in [4.69, 9.17) is 16.3 Å². The molecular formula is C18H14ClFN2O4. The third-order valence-corrected chi connectivity index (χ3v) is 3.81. The van der Waals surface area contributed by atoms with E-state index < -0.39 is 22.9 Å². The zero-order chi connectivity index (χ0) is 19.0. The van der Waals surface area contributed by atoms with Gasteiger partial charge < -0.3 is 9.84 Å². The molecule has 134 valence electrons. The predicted octanol–water partition coefficient (Wildman–Crippen LogP) is 3.66. The second kappa shape index (κ2) is 6.76. The standard InChI is InChI=1S/C18H14ClFN2O4/c1-9(2)26-14-5-3-4-13-15(14)17(23)16(18(24)25)21-22(13)12-7-6-10(19)8-11(12)20/h3-9H,1-2H3,(H,24,25). The van der Waals surface area contributed by atoms with Crippen LogP contribution in [0, 0.1) is 5.82 Å². The normalized spacial score (nSPS) is 11.1. The fourth-order valence-electron chi connectivity index (χ4n) is 2.57. The molecule has 1 heterocycles. The topological polar surface area (TPSA) is 81.4 Å². The van der Waals surface area contributed by atoms with Crippen molar-refractivity contribution in [2.45, 2.75) is 20.0 Å². The zero-order valence-corrected chi connectivity index (χ0v) is 14.6. The Kier molecular flexibility index (Phi) is 4.65. The van der Waals surface area contributed by atoms with Crippen LogP contribution < -0.4 is 10.2 Å². The Morgan fingerprint density at radius 1 is 1.31 bits per heavy atom. The summed E-state index contributed by atoms with van der Waals surface area (Å²) in [5.74, 6) is -2.02. The molecule has 26 heavy (non-hydrogen) atoms. The number of carboxylic acid groups (broad SMARTS) is 1. The molecule has 8 heteroatoms. The van der Waals surface area contributed by atoms with Crippen molar-refractivity contribution in [3.63, 3.8) is 0 Å². The summed E-state index contributed by atoms with van der Waals surface area (Å²) in [6.45, 7) is 3.55. The van der Waals surface area contributed by atoms with Crippen LogP contribution in [0.4, 0.5) is 4.39 Å². The van der Waals surface area contributed by atoms with Crippen molar-refractivity contribution in [1.82, 2.24) is 9.78 Å². The number of aromatic nitrogens is 2. The fourth-order valence-corrected chi connectivity index (χ4v) is 2.73. The number of ether oxygens (including phenoxy) is 1. The van der Waals surface area contributed by atoms with Crippen LogP contribution in [0.1, 0.15) is 24.3 Å². The van der Waals surface area contributed by atoms with E-state index in [1.165, 1.54) is 18.2 Å². The summed E-state index contributed by atoms with van der Waals surface area (Å²) in [5, 5.41) is 13.4. The van der Waals surface area contributed by atoms with Gasteiger partial charge in [0.15, 0.2) is 0 Å². The molecule has 0 aliphatic heterocycles. The number of halogens is 2. The zero-order valence-electron chi connectivity index (χ0n) is 13.9. The first kappa shape index (κ1) is 17.9. The number of carboxylic acids is 1. The molecule has 3 aromatic rings. The minimum absolute atomic E-state index is 0.0166. The molecule has 0 spiro atoms. The first-order valence-corrected chi connectivity index (χ1v) is 8.09. The summed E-state index contributed by atoms with van der Waals surface area (Å²) in [5.41, 5.74) is -1.34. The number of hydrogen-bond donors (Lipinski definition) is 1. The van der Waals surface area contributed by atoms with E-state index in [2.05, 4.69) is 5.10 Å². The molecule has 0 aliphatic carbocycles. The Labute approximate surface area is 152 Å². The molecule has 3 rings (SSSR count). The third-order valence-electron chi connectivity index (χ3n) is 3.58. The van der Waals surface area contributed by atoms with Crippen molar-refractivity contribution in [3.8, 4) is 11.4 Å². The Hall–Kier alpha value is -2.93. The van der Waals surface area contributed by atoms with Gasteiger partial charge in [0.05, 0.1) is 17.0 Å². The maximum Gasteiger partial charge on any atom is 0.360 e. The van der Waals surface area contributed by atoms with Crippen LogP contribution >= 0.6 is 11.6 Å². The van der Waals surface area contributed by atoms with Gasteiger partial charge in [-0.25, -0.2) is 13.9 Å². The fraction of sp³-hybridized carbons (Fsp3) is 0.167. The Morgan fingerprint density at radius 2 is 2.04 bits per heavy atom. The number of carbonyl (C=O) groups is 1. The minimum Gasteiger partial charge on any atom is -0.490 e. The average Bonchev–Trinajstić information content (AvgIpc) is 2.55. The lowest BCUT2D eigenvalue weighted by Crippen LogP contribution is -2.23. The maximum atomic E-state index is 14.4. The smallest absolute Gasteiger partial charge is 0.360 e. The second-order valence-electron chi connectivity index (χ2n) is 5.81. The molecule has 0 aliphatic rings. The molecule has 0 saturated carbocycles. The molecule has 1 N–H and O–H groups in total. The van der Waals surface area contributed by atoms with E-state index in [9.17, 15) is 19.1 Å². The van der Waals surface area contributed by atoms with Crippen LogP contribution in [-0.2, 0) is 0 Å². The van der Waals surface area contributed by atoms with E-state index in [0.29, 0.717) is 0 Å². The quantitative estimate of drug-likeness (QED) is 0.751. The lowest BCUT2D eigenvalue weighted by Gasteiger charge is -2.16.